The summed E-state index contributed by atoms with van der Waals surface area (Å²) < 4.78 is 26.6. The second kappa shape index (κ2) is 20.4. The van der Waals surface area contributed by atoms with Gasteiger partial charge in [-0.2, -0.15) is 0 Å². The van der Waals surface area contributed by atoms with Gasteiger partial charge in [0.1, 0.15) is 25.9 Å². The quantitative estimate of drug-likeness (QED) is 0.0700. The minimum atomic E-state index is -4.49. The van der Waals surface area contributed by atoms with Gasteiger partial charge in [-0.1, -0.05) is 64.0 Å². The van der Waals surface area contributed by atoms with Gasteiger partial charge in [0.15, 0.2) is 0 Å². The van der Waals surface area contributed by atoms with Gasteiger partial charge in [-0.15, -0.1) is 0 Å². The normalized spacial score (nSPS) is 14.9. The summed E-state index contributed by atoms with van der Waals surface area (Å²) in [5.41, 5.74) is 0. The number of ether oxygens (including phenoxy) is 1. The number of quaternary nitrogens is 1. The van der Waals surface area contributed by atoms with Crippen LogP contribution in [0.5, 0.6) is 0 Å². The van der Waals surface area contributed by atoms with E-state index in [-0.39, 0.29) is 13.2 Å². The molecule has 0 bridgehead atoms. The Hall–Kier alpha value is -0.760. The summed E-state index contributed by atoms with van der Waals surface area (Å²) in [5, 5.41) is 9.78. The fraction of sp³-hybridized carbons (Fsp3) is 0.880. The maximum absolute atomic E-state index is 11.8. The standard InChI is InChI=1S/C25H50NO7P/c1-5-6-7-8-9-10-11-12-13-14-15-16-17-18-19-25(28)31-22-24(27)23-33-34(29,30)32-21-20-26(2,3)4/h11-12,24,27H,5-10,13-23H2,1-4H3/b12-11-/t24-/m1/s1. The highest BCUT2D eigenvalue weighted by Gasteiger charge is 2.16. The predicted octanol–water partition coefficient (Wildman–Crippen LogP) is 4.75. The van der Waals surface area contributed by atoms with Crippen molar-refractivity contribution in [1.82, 2.24) is 0 Å². The van der Waals surface area contributed by atoms with Crippen LogP contribution in [0.15, 0.2) is 12.2 Å². The molecule has 0 heterocycles. The van der Waals surface area contributed by atoms with Crippen LogP contribution in [0.1, 0.15) is 90.4 Å². The van der Waals surface area contributed by atoms with Gasteiger partial charge in [0.25, 0.3) is 7.82 Å². The zero-order valence-electron chi connectivity index (χ0n) is 22.0. The van der Waals surface area contributed by atoms with Crippen LogP contribution >= 0.6 is 7.82 Å². The minimum absolute atomic E-state index is 0.00868. The Kier molecular flexibility index (Phi) is 20.0. The first-order valence-corrected chi connectivity index (χ1v) is 14.4. The Bertz CT molecular complexity index is 578. The third kappa shape index (κ3) is 24.4. The van der Waals surface area contributed by atoms with Crippen molar-refractivity contribution in [2.24, 2.45) is 0 Å². The number of unbranched alkanes of at least 4 members (excludes halogenated alkanes) is 10. The smallest absolute Gasteiger partial charge is 0.305 e. The zero-order chi connectivity index (χ0) is 25.7. The largest absolute Gasteiger partial charge is 0.756 e. The van der Waals surface area contributed by atoms with E-state index < -0.39 is 26.5 Å². The van der Waals surface area contributed by atoms with Crippen molar-refractivity contribution in [3.63, 3.8) is 0 Å². The van der Waals surface area contributed by atoms with Gasteiger partial charge >= 0.3 is 5.97 Å². The first kappa shape index (κ1) is 33.2. The Labute approximate surface area is 207 Å². The average Bonchev–Trinajstić information content (AvgIpc) is 2.75. The summed E-state index contributed by atoms with van der Waals surface area (Å²) in [5.74, 6) is -0.398. The fourth-order valence-corrected chi connectivity index (χ4v) is 3.85. The molecule has 9 heteroatoms. The number of carbonyl (C=O) groups excluding carboxylic acids is 1. The van der Waals surface area contributed by atoms with E-state index in [1.54, 1.807) is 0 Å². The van der Waals surface area contributed by atoms with Gasteiger partial charge in [0.05, 0.1) is 27.7 Å². The molecule has 0 spiro atoms. The molecule has 0 aromatic carbocycles. The number of phosphoric ester groups is 1. The predicted molar refractivity (Wildman–Crippen MR) is 134 cm³/mol. The Balaban J connectivity index is 3.61. The van der Waals surface area contributed by atoms with E-state index >= 15 is 0 Å². The number of aliphatic hydroxyl groups is 1. The van der Waals surface area contributed by atoms with Crippen LogP contribution in [0.25, 0.3) is 0 Å². The number of nitrogens with zero attached hydrogens (tertiary/aromatic N) is 1. The molecular weight excluding hydrogens is 457 g/mol. The highest BCUT2D eigenvalue weighted by molar-refractivity contribution is 7.45. The molecule has 0 aliphatic rings. The van der Waals surface area contributed by atoms with Crippen LogP contribution in [0.3, 0.4) is 0 Å². The van der Waals surface area contributed by atoms with Crippen molar-refractivity contribution in [1.29, 1.82) is 0 Å². The molecule has 0 saturated heterocycles. The molecule has 0 radical (unpaired) electrons. The molecule has 0 aromatic rings. The van der Waals surface area contributed by atoms with Crippen LogP contribution < -0.4 is 4.89 Å². The van der Waals surface area contributed by atoms with Crippen molar-refractivity contribution >= 4 is 13.8 Å². The molecule has 8 nitrogen and oxygen atoms in total. The highest BCUT2D eigenvalue weighted by Crippen LogP contribution is 2.38. The van der Waals surface area contributed by atoms with E-state index in [1.807, 2.05) is 21.1 Å². The lowest BCUT2D eigenvalue weighted by atomic mass is 10.1. The van der Waals surface area contributed by atoms with Crippen molar-refractivity contribution in [3.05, 3.63) is 12.2 Å². The van der Waals surface area contributed by atoms with Gasteiger partial charge in [-0.25, -0.2) is 0 Å². The van der Waals surface area contributed by atoms with Crippen LogP contribution in [0, 0.1) is 0 Å². The Morgan fingerprint density at radius 2 is 1.47 bits per heavy atom. The zero-order valence-corrected chi connectivity index (χ0v) is 22.9. The van der Waals surface area contributed by atoms with Gasteiger partial charge < -0.3 is 28.3 Å². The first-order chi connectivity index (χ1) is 16.1. The molecule has 0 aliphatic carbocycles. The molecule has 0 saturated carbocycles. The van der Waals surface area contributed by atoms with Gasteiger partial charge in [0, 0.05) is 6.42 Å². The molecule has 34 heavy (non-hydrogen) atoms. The maximum Gasteiger partial charge on any atom is 0.305 e. The van der Waals surface area contributed by atoms with Gasteiger partial charge in [-0.05, 0) is 32.1 Å². The van der Waals surface area contributed by atoms with Crippen molar-refractivity contribution in [2.45, 2.75) is 96.5 Å². The van der Waals surface area contributed by atoms with E-state index in [9.17, 15) is 19.4 Å². The summed E-state index contributed by atoms with van der Waals surface area (Å²) in [6.45, 7) is 1.91. The first-order valence-electron chi connectivity index (χ1n) is 12.9. The number of allylic oxidation sites excluding steroid dienone is 2. The van der Waals surface area contributed by atoms with E-state index in [4.69, 9.17) is 9.26 Å². The van der Waals surface area contributed by atoms with Gasteiger partial charge in [0.2, 0.25) is 0 Å². The number of hydrogen-bond donors (Lipinski definition) is 1. The third-order valence-corrected chi connectivity index (χ3v) is 6.23. The minimum Gasteiger partial charge on any atom is -0.756 e. The number of aliphatic hydroxyl groups excluding tert-OH is 1. The lowest BCUT2D eigenvalue weighted by Crippen LogP contribution is -2.37. The van der Waals surface area contributed by atoms with Crippen molar-refractivity contribution in [3.8, 4) is 0 Å². The molecule has 0 aliphatic heterocycles. The molecule has 0 amide bonds. The van der Waals surface area contributed by atoms with Crippen LogP contribution in [0.4, 0.5) is 0 Å². The van der Waals surface area contributed by atoms with Crippen LogP contribution in [0.2, 0.25) is 0 Å². The highest BCUT2D eigenvalue weighted by atomic mass is 31.2. The molecule has 0 fully saturated rings. The lowest BCUT2D eigenvalue weighted by molar-refractivity contribution is -0.870. The second-order valence-electron chi connectivity index (χ2n) is 9.91. The van der Waals surface area contributed by atoms with Crippen LogP contribution in [-0.4, -0.2) is 69.2 Å². The van der Waals surface area contributed by atoms with E-state index in [2.05, 4.69) is 23.6 Å². The lowest BCUT2D eigenvalue weighted by Gasteiger charge is -2.27. The summed E-state index contributed by atoms with van der Waals surface area (Å²) >= 11 is 0. The number of likely N-dealkylation sites (N-methyl/N-ethyl adjacent to an activating group) is 1. The van der Waals surface area contributed by atoms with Crippen LogP contribution in [-0.2, 0) is 23.1 Å². The Morgan fingerprint density at radius 3 is 2.06 bits per heavy atom. The average molecular weight is 508 g/mol. The monoisotopic (exact) mass is 507 g/mol. The van der Waals surface area contributed by atoms with E-state index in [1.165, 1.54) is 44.9 Å². The Morgan fingerprint density at radius 1 is 0.912 bits per heavy atom. The fourth-order valence-electron chi connectivity index (χ4n) is 3.11. The second-order valence-corrected chi connectivity index (χ2v) is 11.3. The molecule has 2 atom stereocenters. The topological polar surface area (TPSA) is 105 Å². The van der Waals surface area contributed by atoms with Crippen molar-refractivity contribution in [2.75, 3.05) is 47.5 Å². The molecule has 0 rings (SSSR count). The molecular formula is C25H50NO7P. The third-order valence-electron chi connectivity index (χ3n) is 5.27. The molecule has 1 N–H and O–H groups in total. The number of hydrogen-bond acceptors (Lipinski definition) is 7. The molecule has 202 valence electrons. The van der Waals surface area contributed by atoms with E-state index in [0.29, 0.717) is 17.4 Å². The number of carbonyl (C=O) groups is 1. The van der Waals surface area contributed by atoms with E-state index in [0.717, 1.165) is 32.1 Å². The molecule has 0 aromatic heterocycles. The summed E-state index contributed by atoms with van der Waals surface area (Å²) in [6, 6.07) is 0. The summed E-state index contributed by atoms with van der Waals surface area (Å²) in [4.78, 5) is 23.4. The number of phosphoric acid groups is 1. The maximum atomic E-state index is 11.8. The van der Waals surface area contributed by atoms with Gasteiger partial charge in [-0.3, -0.25) is 9.36 Å². The molecule has 1 unspecified atom stereocenters. The van der Waals surface area contributed by atoms with Crippen molar-refractivity contribution < 1.29 is 37.6 Å². The SMILES string of the molecule is CCCCCCC/C=C\CCCCCCCC(=O)OC[C@@H](O)COP(=O)([O-])OCC[N+](C)(C)C. The number of esters is 1. The summed E-state index contributed by atoms with van der Waals surface area (Å²) in [6.07, 6.45) is 17.7. The summed E-state index contributed by atoms with van der Waals surface area (Å²) in [7, 11) is 1.24. The number of rotatable bonds is 23.